The summed E-state index contributed by atoms with van der Waals surface area (Å²) in [6.07, 6.45) is 6.21. The van der Waals surface area contributed by atoms with E-state index in [1.165, 1.54) is 37.7 Å². The molecule has 0 radical (unpaired) electrons. The molecule has 4 heteroatoms. The van der Waals surface area contributed by atoms with E-state index in [0.29, 0.717) is 11.8 Å². The van der Waals surface area contributed by atoms with Gasteiger partial charge in [0.2, 0.25) is 0 Å². The average molecular weight is 304 g/mol. The van der Waals surface area contributed by atoms with Gasteiger partial charge >= 0.3 is 6.09 Å². The first-order valence-electron chi connectivity index (χ1n) is 8.37. The third-order valence-electron chi connectivity index (χ3n) is 4.99. The van der Waals surface area contributed by atoms with Crippen molar-refractivity contribution in [1.82, 2.24) is 5.32 Å². The van der Waals surface area contributed by atoms with Gasteiger partial charge in [0.15, 0.2) is 0 Å². The maximum atomic E-state index is 10.9. The van der Waals surface area contributed by atoms with Gasteiger partial charge in [-0.05, 0) is 30.7 Å². The Morgan fingerprint density at radius 2 is 1.91 bits per heavy atom. The molecule has 22 heavy (non-hydrogen) atoms. The number of hydrogen-bond acceptors (Lipinski definition) is 2. The number of carbonyl (C=O) groups is 1. The maximum Gasteiger partial charge on any atom is 0.404 e. The van der Waals surface area contributed by atoms with Crippen LogP contribution in [0.5, 0.6) is 0 Å². The molecule has 4 nitrogen and oxygen atoms in total. The highest BCUT2D eigenvalue weighted by atomic mass is 16.4. The van der Waals surface area contributed by atoms with Crippen molar-refractivity contribution in [1.29, 1.82) is 0 Å². The van der Waals surface area contributed by atoms with Crippen LogP contribution in [0, 0.1) is 11.8 Å². The molecule has 1 aliphatic rings. The summed E-state index contributed by atoms with van der Waals surface area (Å²) in [5, 5.41) is 11.5. The minimum atomic E-state index is -0.995. The van der Waals surface area contributed by atoms with Gasteiger partial charge in [-0.2, -0.15) is 0 Å². The lowest BCUT2D eigenvalue weighted by molar-refractivity contribution is 0.170. The first-order valence-corrected chi connectivity index (χ1v) is 8.37. The Hall–Kier alpha value is -1.55. The van der Waals surface area contributed by atoms with Crippen LogP contribution in [0.25, 0.3) is 0 Å². The van der Waals surface area contributed by atoms with Crippen molar-refractivity contribution in [3.63, 3.8) is 0 Å². The van der Waals surface area contributed by atoms with Gasteiger partial charge in [0.25, 0.3) is 0 Å². The summed E-state index contributed by atoms with van der Waals surface area (Å²) in [5.74, 6) is 0.923. The number of carboxylic acid groups (broad SMARTS) is 1. The number of hydrogen-bond donors (Lipinski definition) is 3. The van der Waals surface area contributed by atoms with Crippen molar-refractivity contribution in [2.45, 2.75) is 57.5 Å². The van der Waals surface area contributed by atoms with Crippen LogP contribution in [-0.4, -0.2) is 23.3 Å². The second kappa shape index (κ2) is 8.18. The molecule has 1 aliphatic carbocycles. The van der Waals surface area contributed by atoms with Gasteiger partial charge < -0.3 is 16.2 Å². The van der Waals surface area contributed by atoms with Crippen molar-refractivity contribution in [3.05, 3.63) is 35.9 Å². The van der Waals surface area contributed by atoms with Crippen LogP contribution in [0.2, 0.25) is 0 Å². The first-order chi connectivity index (χ1) is 10.6. The zero-order chi connectivity index (χ0) is 15.9. The van der Waals surface area contributed by atoms with Crippen LogP contribution in [0.3, 0.4) is 0 Å². The molecule has 0 spiro atoms. The molecular formula is C18H28N2O2. The largest absolute Gasteiger partial charge is 0.465 e. The second-order valence-corrected chi connectivity index (χ2v) is 6.57. The Balaban J connectivity index is 2.11. The summed E-state index contributed by atoms with van der Waals surface area (Å²) in [7, 11) is 0. The van der Waals surface area contributed by atoms with E-state index in [4.69, 9.17) is 10.8 Å². The lowest BCUT2D eigenvalue weighted by atomic mass is 9.73. The third-order valence-corrected chi connectivity index (χ3v) is 4.99. The summed E-state index contributed by atoms with van der Waals surface area (Å²) in [4.78, 5) is 10.9. The van der Waals surface area contributed by atoms with E-state index in [1.807, 2.05) is 13.0 Å². The Kier molecular flexibility index (Phi) is 6.25. The van der Waals surface area contributed by atoms with Crippen LogP contribution < -0.4 is 11.1 Å². The quantitative estimate of drug-likeness (QED) is 0.754. The highest BCUT2D eigenvalue weighted by Crippen LogP contribution is 2.34. The van der Waals surface area contributed by atoms with Crippen molar-refractivity contribution >= 4 is 6.09 Å². The smallest absolute Gasteiger partial charge is 0.404 e. The fourth-order valence-electron chi connectivity index (χ4n) is 3.73. The molecule has 1 unspecified atom stereocenters. The first kappa shape index (κ1) is 16.8. The summed E-state index contributed by atoms with van der Waals surface area (Å²) in [5.41, 5.74) is 7.75. The fraction of sp³-hybridized carbons (Fsp3) is 0.611. The fourth-order valence-corrected chi connectivity index (χ4v) is 3.73. The molecule has 3 atom stereocenters. The number of amides is 1. The van der Waals surface area contributed by atoms with Crippen LogP contribution >= 0.6 is 0 Å². The zero-order valence-electron chi connectivity index (χ0n) is 13.4. The SMILES string of the molecule is C[C@@H](NC(=O)O)[C@H](N)C(Cc1ccccc1)C1CCCCC1. The number of nitrogens with one attached hydrogen (secondary N) is 1. The van der Waals surface area contributed by atoms with Crippen molar-refractivity contribution in [3.8, 4) is 0 Å². The molecule has 0 heterocycles. The molecule has 0 bridgehead atoms. The summed E-state index contributed by atoms with van der Waals surface area (Å²) in [6, 6.07) is 10.0. The average Bonchev–Trinajstić information content (AvgIpc) is 2.53. The minimum absolute atomic E-state index is 0.153. The molecule has 122 valence electrons. The molecule has 0 aliphatic heterocycles. The Labute approximate surface area is 133 Å². The van der Waals surface area contributed by atoms with Crippen LogP contribution in [0.4, 0.5) is 4.79 Å². The van der Waals surface area contributed by atoms with Gasteiger partial charge in [-0.1, -0.05) is 62.4 Å². The lowest BCUT2D eigenvalue weighted by Gasteiger charge is -2.37. The van der Waals surface area contributed by atoms with E-state index in [2.05, 4.69) is 29.6 Å². The summed E-state index contributed by atoms with van der Waals surface area (Å²) in [6.45, 7) is 1.87. The number of nitrogens with two attached hydrogens (primary N) is 1. The molecule has 1 saturated carbocycles. The summed E-state index contributed by atoms with van der Waals surface area (Å²) >= 11 is 0. The topological polar surface area (TPSA) is 75.3 Å². The van der Waals surface area contributed by atoms with E-state index in [9.17, 15) is 4.79 Å². The third kappa shape index (κ3) is 4.73. The standard InChI is InChI=1S/C18H28N2O2/c1-13(20-18(21)22)17(19)16(15-10-6-3-7-11-15)12-14-8-4-2-5-9-14/h2,4-5,8-9,13,15-17,20H,3,6-7,10-12,19H2,1H3,(H,21,22)/t13-,16?,17+/m1/s1. The highest BCUT2D eigenvalue weighted by Gasteiger charge is 2.32. The van der Waals surface area contributed by atoms with Crippen molar-refractivity contribution in [2.75, 3.05) is 0 Å². The van der Waals surface area contributed by atoms with Gasteiger partial charge in [0.05, 0.1) is 0 Å². The predicted molar refractivity (Wildman–Crippen MR) is 88.8 cm³/mol. The number of rotatable bonds is 6. The molecular weight excluding hydrogens is 276 g/mol. The maximum absolute atomic E-state index is 10.9. The van der Waals surface area contributed by atoms with Crippen molar-refractivity contribution in [2.24, 2.45) is 17.6 Å². The molecule has 1 amide bonds. The number of benzene rings is 1. The van der Waals surface area contributed by atoms with Gasteiger partial charge in [0.1, 0.15) is 0 Å². The molecule has 0 saturated heterocycles. The van der Waals surface area contributed by atoms with Crippen LogP contribution in [0.1, 0.15) is 44.6 Å². The van der Waals surface area contributed by atoms with Crippen LogP contribution in [0.15, 0.2) is 30.3 Å². The Morgan fingerprint density at radius 1 is 1.27 bits per heavy atom. The van der Waals surface area contributed by atoms with E-state index < -0.39 is 6.09 Å². The van der Waals surface area contributed by atoms with E-state index >= 15 is 0 Å². The minimum Gasteiger partial charge on any atom is -0.465 e. The molecule has 2 rings (SSSR count). The van der Waals surface area contributed by atoms with Gasteiger partial charge in [-0.3, -0.25) is 0 Å². The van der Waals surface area contributed by atoms with Gasteiger partial charge in [-0.15, -0.1) is 0 Å². The monoisotopic (exact) mass is 304 g/mol. The molecule has 1 aromatic rings. The predicted octanol–water partition coefficient (Wildman–Crippen LogP) is 3.41. The molecule has 4 N–H and O–H groups in total. The van der Waals surface area contributed by atoms with Gasteiger partial charge in [-0.25, -0.2) is 4.79 Å². The van der Waals surface area contributed by atoms with Crippen LogP contribution in [-0.2, 0) is 6.42 Å². The molecule has 0 aromatic heterocycles. The zero-order valence-corrected chi connectivity index (χ0v) is 13.4. The van der Waals surface area contributed by atoms with Gasteiger partial charge in [0, 0.05) is 12.1 Å². The Morgan fingerprint density at radius 3 is 2.50 bits per heavy atom. The Bertz CT molecular complexity index is 457. The van der Waals surface area contributed by atoms with E-state index in [-0.39, 0.29) is 12.1 Å². The second-order valence-electron chi connectivity index (χ2n) is 6.57. The van der Waals surface area contributed by atoms with E-state index in [0.717, 1.165) is 6.42 Å². The normalized spacial score (nSPS) is 20.1. The van der Waals surface area contributed by atoms with Crippen molar-refractivity contribution < 1.29 is 9.90 Å². The molecule has 1 fully saturated rings. The molecule has 1 aromatic carbocycles. The lowest BCUT2D eigenvalue weighted by Crippen LogP contribution is -2.51. The summed E-state index contributed by atoms with van der Waals surface area (Å²) < 4.78 is 0. The van der Waals surface area contributed by atoms with E-state index in [1.54, 1.807) is 0 Å². The highest BCUT2D eigenvalue weighted by molar-refractivity contribution is 5.64.